The van der Waals surface area contributed by atoms with E-state index < -0.39 is 0 Å². The number of hydrogen-bond acceptors (Lipinski definition) is 4. The Kier molecular flexibility index (Phi) is 4.73. The zero-order valence-electron chi connectivity index (χ0n) is 4.39. The molecule has 0 radical (unpaired) electrons. The van der Waals surface area contributed by atoms with Crippen LogP contribution in [-0.4, -0.2) is 12.5 Å². The van der Waals surface area contributed by atoms with Gasteiger partial charge in [-0.2, -0.15) is 0 Å². The summed E-state index contributed by atoms with van der Waals surface area (Å²) in [4.78, 5) is 10.0. The van der Waals surface area contributed by atoms with Gasteiger partial charge in [0.2, 0.25) is 5.91 Å². The van der Waals surface area contributed by atoms with Gasteiger partial charge in [-0.15, -0.1) is 0 Å². The van der Waals surface area contributed by atoms with Crippen LogP contribution in [0.25, 0.3) is 0 Å². The van der Waals surface area contributed by atoms with E-state index in [4.69, 9.17) is 10.9 Å². The standard InChI is InChI=1S/C3H9N3OS/c4-3(7)1-2-6-8-5/h6H,1-2,5H2,(H2,4,7). The maximum Gasteiger partial charge on any atom is 0.218 e. The largest absolute Gasteiger partial charge is 0.370 e. The fourth-order valence-electron chi connectivity index (χ4n) is 0.233. The predicted molar refractivity (Wildman–Crippen MR) is 33.6 cm³/mol. The molecule has 5 N–H and O–H groups in total. The first-order chi connectivity index (χ1) is 3.77. The highest BCUT2D eigenvalue weighted by Crippen LogP contribution is 1.77. The van der Waals surface area contributed by atoms with Crippen LogP contribution in [-0.2, 0) is 4.79 Å². The number of nitrogens with two attached hydrogens (primary N) is 2. The minimum Gasteiger partial charge on any atom is -0.370 e. The van der Waals surface area contributed by atoms with E-state index in [2.05, 4.69) is 4.72 Å². The molecule has 0 heterocycles. The van der Waals surface area contributed by atoms with Crippen molar-refractivity contribution < 1.29 is 4.79 Å². The molecule has 0 aliphatic carbocycles. The van der Waals surface area contributed by atoms with Gasteiger partial charge in [0.1, 0.15) is 0 Å². The van der Waals surface area contributed by atoms with E-state index in [9.17, 15) is 4.79 Å². The lowest BCUT2D eigenvalue weighted by Crippen LogP contribution is -2.18. The maximum absolute atomic E-state index is 10.0. The zero-order valence-corrected chi connectivity index (χ0v) is 5.20. The summed E-state index contributed by atoms with van der Waals surface area (Å²) < 4.78 is 2.67. The number of carbonyl (C=O) groups excluding carboxylic acids is 1. The summed E-state index contributed by atoms with van der Waals surface area (Å²) in [6.45, 7) is 0.538. The molecule has 0 atom stereocenters. The molecule has 0 fully saturated rings. The van der Waals surface area contributed by atoms with E-state index in [0.29, 0.717) is 13.0 Å². The van der Waals surface area contributed by atoms with Crippen molar-refractivity contribution in [3.05, 3.63) is 0 Å². The summed E-state index contributed by atoms with van der Waals surface area (Å²) in [6.07, 6.45) is 0.337. The number of amides is 1. The van der Waals surface area contributed by atoms with Crippen molar-refractivity contribution in [2.24, 2.45) is 10.9 Å². The molecule has 48 valence electrons. The Morgan fingerprint density at radius 3 is 2.75 bits per heavy atom. The highest BCUT2D eigenvalue weighted by molar-refractivity contribution is 7.95. The Balaban J connectivity index is 2.82. The average molecular weight is 135 g/mol. The molecule has 0 bridgehead atoms. The first-order valence-electron chi connectivity index (χ1n) is 2.14. The highest BCUT2D eigenvalue weighted by atomic mass is 32.2. The minimum absolute atomic E-state index is 0.313. The van der Waals surface area contributed by atoms with E-state index >= 15 is 0 Å². The second-order valence-electron chi connectivity index (χ2n) is 1.23. The SMILES string of the molecule is NSNCCC(N)=O. The van der Waals surface area contributed by atoms with Crippen LogP contribution in [0.4, 0.5) is 0 Å². The van der Waals surface area contributed by atoms with Crippen LogP contribution in [0.2, 0.25) is 0 Å². The van der Waals surface area contributed by atoms with Crippen molar-refractivity contribution in [1.29, 1.82) is 0 Å². The fraction of sp³-hybridized carbons (Fsp3) is 0.667. The van der Waals surface area contributed by atoms with E-state index in [1.807, 2.05) is 0 Å². The summed E-state index contributed by atoms with van der Waals surface area (Å²) >= 11 is 0.986. The molecule has 1 amide bonds. The van der Waals surface area contributed by atoms with Crippen molar-refractivity contribution in [2.75, 3.05) is 6.54 Å². The molecule has 5 heteroatoms. The molecule has 0 saturated carbocycles. The van der Waals surface area contributed by atoms with Crippen LogP contribution >= 0.6 is 12.1 Å². The summed E-state index contributed by atoms with van der Waals surface area (Å²) in [5.41, 5.74) is 4.80. The monoisotopic (exact) mass is 135 g/mol. The summed E-state index contributed by atoms with van der Waals surface area (Å²) in [6, 6.07) is 0. The minimum atomic E-state index is -0.313. The van der Waals surface area contributed by atoms with Crippen LogP contribution in [0.15, 0.2) is 0 Å². The van der Waals surface area contributed by atoms with E-state index in [1.165, 1.54) is 0 Å². The fourth-order valence-corrected chi connectivity index (χ4v) is 0.453. The molecule has 0 rings (SSSR count). The molecule has 0 aliphatic heterocycles. The maximum atomic E-state index is 10.0. The Bertz CT molecular complexity index is 76.9. The molecule has 0 aromatic rings. The molecular weight excluding hydrogens is 126 g/mol. The molecule has 0 spiro atoms. The predicted octanol–water partition coefficient (Wildman–Crippen LogP) is -1.03. The smallest absolute Gasteiger partial charge is 0.218 e. The second-order valence-corrected chi connectivity index (χ2v) is 1.75. The van der Waals surface area contributed by atoms with Crippen molar-refractivity contribution in [2.45, 2.75) is 6.42 Å². The van der Waals surface area contributed by atoms with Gasteiger partial charge in [-0.05, 0) is 0 Å². The third kappa shape index (κ3) is 5.74. The quantitative estimate of drug-likeness (QED) is 0.340. The molecule has 4 nitrogen and oxygen atoms in total. The van der Waals surface area contributed by atoms with Crippen molar-refractivity contribution in [3.63, 3.8) is 0 Å². The molecule has 0 aromatic heterocycles. The van der Waals surface area contributed by atoms with Gasteiger partial charge >= 0.3 is 0 Å². The molecule has 0 unspecified atom stereocenters. The Morgan fingerprint density at radius 2 is 2.38 bits per heavy atom. The van der Waals surface area contributed by atoms with E-state index in [-0.39, 0.29) is 5.91 Å². The van der Waals surface area contributed by atoms with Gasteiger partial charge < -0.3 is 5.73 Å². The van der Waals surface area contributed by atoms with Crippen molar-refractivity contribution >= 4 is 18.0 Å². The van der Waals surface area contributed by atoms with Crippen LogP contribution in [0.3, 0.4) is 0 Å². The van der Waals surface area contributed by atoms with Crippen LogP contribution in [0, 0.1) is 0 Å². The number of carbonyl (C=O) groups is 1. The van der Waals surface area contributed by atoms with Gasteiger partial charge in [0.25, 0.3) is 0 Å². The normalized spacial score (nSPS) is 9.12. The average Bonchev–Trinajstić information content (AvgIpc) is 1.66. The van der Waals surface area contributed by atoms with E-state index in [1.54, 1.807) is 0 Å². The second kappa shape index (κ2) is 4.89. The third-order valence-corrected chi connectivity index (χ3v) is 0.928. The van der Waals surface area contributed by atoms with Gasteiger partial charge in [0.15, 0.2) is 0 Å². The lowest BCUT2D eigenvalue weighted by Gasteiger charge is -1.93. The Labute approximate surface area is 52.3 Å². The summed E-state index contributed by atoms with van der Waals surface area (Å²) in [7, 11) is 0. The van der Waals surface area contributed by atoms with Gasteiger partial charge in [-0.25, -0.2) is 0 Å². The zero-order chi connectivity index (χ0) is 6.41. The Morgan fingerprint density at radius 1 is 1.75 bits per heavy atom. The summed E-state index contributed by atoms with van der Waals surface area (Å²) in [5, 5.41) is 4.97. The number of nitrogens with one attached hydrogen (secondary N) is 1. The molecule has 0 aliphatic rings. The Hall–Kier alpha value is -0.260. The van der Waals surface area contributed by atoms with Gasteiger partial charge in [-0.1, -0.05) is 0 Å². The topological polar surface area (TPSA) is 81.1 Å². The first kappa shape index (κ1) is 7.74. The van der Waals surface area contributed by atoms with Crippen molar-refractivity contribution in [3.8, 4) is 0 Å². The van der Waals surface area contributed by atoms with Crippen LogP contribution in [0.5, 0.6) is 0 Å². The summed E-state index contributed by atoms with van der Waals surface area (Å²) in [5.74, 6) is -0.313. The number of primary amides is 1. The van der Waals surface area contributed by atoms with Crippen LogP contribution in [0.1, 0.15) is 6.42 Å². The molecule has 0 aromatic carbocycles. The van der Waals surface area contributed by atoms with Crippen LogP contribution < -0.4 is 15.6 Å². The van der Waals surface area contributed by atoms with Gasteiger partial charge in [0.05, 0.1) is 0 Å². The van der Waals surface area contributed by atoms with Gasteiger partial charge in [0, 0.05) is 25.1 Å². The third-order valence-electron chi connectivity index (χ3n) is 0.557. The number of rotatable bonds is 4. The highest BCUT2D eigenvalue weighted by Gasteiger charge is 1.89. The lowest BCUT2D eigenvalue weighted by molar-refractivity contribution is -0.117. The van der Waals surface area contributed by atoms with Crippen molar-refractivity contribution in [1.82, 2.24) is 4.72 Å². The van der Waals surface area contributed by atoms with Gasteiger partial charge in [-0.3, -0.25) is 14.7 Å². The molecular formula is C3H9N3OS. The molecule has 0 saturated heterocycles. The lowest BCUT2D eigenvalue weighted by atomic mass is 10.4. The first-order valence-corrected chi connectivity index (χ1v) is 3.02. The number of hydrogen-bond donors (Lipinski definition) is 3. The van der Waals surface area contributed by atoms with E-state index in [0.717, 1.165) is 12.1 Å². The molecule has 8 heavy (non-hydrogen) atoms.